The molecule has 2 aromatic rings. The monoisotopic (exact) mass is 316 g/mol. The maximum Gasteiger partial charge on any atom is 0.340 e. The number of hydrogen-bond donors (Lipinski definition) is 2. The molecule has 0 bridgehead atoms. The highest BCUT2D eigenvalue weighted by atomic mass is 35.5. The molecule has 0 saturated carbocycles. The van der Waals surface area contributed by atoms with Crippen LogP contribution in [0.15, 0.2) is 15.3 Å². The third-order valence-corrected chi connectivity index (χ3v) is 3.66. The number of aryl methyl sites for hydroxylation is 1. The number of aromatic carboxylic acids is 1. The highest BCUT2D eigenvalue weighted by molar-refractivity contribution is 6.18. The summed E-state index contributed by atoms with van der Waals surface area (Å²) in [7, 11) is 0. The van der Waals surface area contributed by atoms with E-state index in [4.69, 9.17) is 32.7 Å². The molecule has 0 aliphatic heterocycles. The van der Waals surface area contributed by atoms with E-state index in [9.17, 15) is 14.7 Å². The van der Waals surface area contributed by atoms with Gasteiger partial charge in [0.25, 0.3) is 0 Å². The van der Waals surface area contributed by atoms with Crippen LogP contribution in [-0.2, 0) is 11.8 Å². The number of hydrogen-bond acceptors (Lipinski definition) is 4. The standard InChI is InChI=1S/C13H10Cl2O5/c1-5-8(4-15)13(19)20-11-6(3-14)2-7(12(17)18)10(16)9(5)11/h2,16H,3-4H2,1H3,(H,17,18). The quantitative estimate of drug-likeness (QED) is 0.671. The Kier molecular flexibility index (Phi) is 3.92. The summed E-state index contributed by atoms with van der Waals surface area (Å²) in [6, 6.07) is 1.19. The van der Waals surface area contributed by atoms with Gasteiger partial charge in [0.2, 0.25) is 0 Å². The van der Waals surface area contributed by atoms with Crippen molar-refractivity contribution >= 4 is 40.1 Å². The van der Waals surface area contributed by atoms with E-state index in [0.717, 1.165) is 0 Å². The first kappa shape index (κ1) is 14.7. The molecule has 0 fully saturated rings. The second kappa shape index (κ2) is 5.34. The summed E-state index contributed by atoms with van der Waals surface area (Å²) >= 11 is 11.4. The Morgan fingerprint density at radius 1 is 1.35 bits per heavy atom. The van der Waals surface area contributed by atoms with Crippen LogP contribution in [0.3, 0.4) is 0 Å². The number of halogens is 2. The minimum absolute atomic E-state index is 0.0559. The van der Waals surface area contributed by atoms with Crippen molar-refractivity contribution in [1.29, 1.82) is 0 Å². The molecule has 1 heterocycles. The first-order valence-electron chi connectivity index (χ1n) is 5.58. The molecule has 20 heavy (non-hydrogen) atoms. The number of carbonyl (C=O) groups is 1. The Bertz CT molecular complexity index is 764. The molecule has 0 saturated heterocycles. The van der Waals surface area contributed by atoms with Gasteiger partial charge in [-0.3, -0.25) is 0 Å². The van der Waals surface area contributed by atoms with Crippen molar-refractivity contribution in [3.8, 4) is 5.75 Å². The fraction of sp³-hybridized carbons (Fsp3) is 0.231. The zero-order chi connectivity index (χ0) is 15.0. The van der Waals surface area contributed by atoms with E-state index in [-0.39, 0.29) is 33.9 Å². The van der Waals surface area contributed by atoms with Crippen molar-refractivity contribution in [2.24, 2.45) is 0 Å². The maximum atomic E-state index is 11.8. The third-order valence-electron chi connectivity index (χ3n) is 3.11. The Labute approximate surface area is 123 Å². The van der Waals surface area contributed by atoms with E-state index in [1.165, 1.54) is 6.07 Å². The molecule has 7 heteroatoms. The van der Waals surface area contributed by atoms with Gasteiger partial charge in [0, 0.05) is 5.56 Å². The van der Waals surface area contributed by atoms with Gasteiger partial charge in [0.1, 0.15) is 16.9 Å². The molecule has 1 aromatic heterocycles. The fourth-order valence-electron chi connectivity index (χ4n) is 2.05. The minimum Gasteiger partial charge on any atom is -0.506 e. The highest BCUT2D eigenvalue weighted by Crippen LogP contribution is 2.35. The molecule has 0 aliphatic carbocycles. The summed E-state index contributed by atoms with van der Waals surface area (Å²) in [6.45, 7) is 1.57. The van der Waals surface area contributed by atoms with Gasteiger partial charge in [-0.1, -0.05) is 0 Å². The lowest BCUT2D eigenvalue weighted by Gasteiger charge is -2.12. The van der Waals surface area contributed by atoms with E-state index < -0.39 is 17.3 Å². The second-order valence-corrected chi connectivity index (χ2v) is 4.74. The largest absolute Gasteiger partial charge is 0.506 e. The van der Waals surface area contributed by atoms with Gasteiger partial charge < -0.3 is 14.6 Å². The number of carboxylic acids is 1. The van der Waals surface area contributed by atoms with Crippen LogP contribution in [0.25, 0.3) is 11.0 Å². The molecule has 0 aliphatic rings. The van der Waals surface area contributed by atoms with Crippen molar-refractivity contribution in [2.75, 3.05) is 0 Å². The molecule has 5 nitrogen and oxygen atoms in total. The van der Waals surface area contributed by atoms with Crippen LogP contribution in [-0.4, -0.2) is 16.2 Å². The van der Waals surface area contributed by atoms with E-state index in [1.807, 2.05) is 0 Å². The number of alkyl halides is 2. The first-order chi connectivity index (χ1) is 9.42. The van der Waals surface area contributed by atoms with Crippen molar-refractivity contribution in [3.63, 3.8) is 0 Å². The molecule has 2 rings (SSSR count). The van der Waals surface area contributed by atoms with Gasteiger partial charge in [-0.2, -0.15) is 0 Å². The number of benzene rings is 1. The summed E-state index contributed by atoms with van der Waals surface area (Å²) in [5.41, 5.74) is 0.0391. The average molecular weight is 317 g/mol. The summed E-state index contributed by atoms with van der Waals surface area (Å²) in [5.74, 6) is -1.92. The lowest BCUT2D eigenvalue weighted by molar-refractivity contribution is 0.0694. The summed E-state index contributed by atoms with van der Waals surface area (Å²) in [5, 5.41) is 19.3. The Morgan fingerprint density at radius 2 is 2.00 bits per heavy atom. The van der Waals surface area contributed by atoms with Gasteiger partial charge in [-0.25, -0.2) is 9.59 Å². The lowest BCUT2D eigenvalue weighted by Crippen LogP contribution is -2.10. The minimum atomic E-state index is -1.30. The molecule has 1 aromatic carbocycles. The zero-order valence-electron chi connectivity index (χ0n) is 10.4. The van der Waals surface area contributed by atoms with Crippen molar-refractivity contribution in [1.82, 2.24) is 0 Å². The second-order valence-electron chi connectivity index (χ2n) is 4.20. The summed E-state index contributed by atoms with van der Waals surface area (Å²) in [4.78, 5) is 22.9. The van der Waals surface area contributed by atoms with E-state index in [0.29, 0.717) is 11.1 Å². The van der Waals surface area contributed by atoms with Crippen molar-refractivity contribution in [3.05, 3.63) is 38.7 Å². The fourth-order valence-corrected chi connectivity index (χ4v) is 2.56. The molecule has 0 spiro atoms. The average Bonchev–Trinajstić information content (AvgIpc) is 2.38. The van der Waals surface area contributed by atoms with E-state index >= 15 is 0 Å². The van der Waals surface area contributed by atoms with Gasteiger partial charge in [0.05, 0.1) is 22.7 Å². The van der Waals surface area contributed by atoms with Crippen LogP contribution in [0.2, 0.25) is 0 Å². The number of phenols is 1. The number of aromatic hydroxyl groups is 1. The molecule has 106 valence electrons. The van der Waals surface area contributed by atoms with Crippen LogP contribution < -0.4 is 5.63 Å². The number of fused-ring (bicyclic) bond motifs is 1. The lowest BCUT2D eigenvalue weighted by atomic mass is 10.00. The van der Waals surface area contributed by atoms with E-state index in [2.05, 4.69) is 0 Å². The Morgan fingerprint density at radius 3 is 2.50 bits per heavy atom. The van der Waals surface area contributed by atoms with Gasteiger partial charge in [-0.15, -0.1) is 23.2 Å². The Hall–Kier alpha value is -1.72. The van der Waals surface area contributed by atoms with Crippen LogP contribution in [0, 0.1) is 6.92 Å². The Balaban J connectivity index is 3.06. The predicted molar refractivity (Wildman–Crippen MR) is 75.0 cm³/mol. The molecule has 0 radical (unpaired) electrons. The molecule has 0 amide bonds. The maximum absolute atomic E-state index is 11.8. The molecule has 2 N–H and O–H groups in total. The van der Waals surface area contributed by atoms with Crippen LogP contribution in [0.4, 0.5) is 0 Å². The summed E-state index contributed by atoms with van der Waals surface area (Å²) < 4.78 is 5.12. The smallest absolute Gasteiger partial charge is 0.340 e. The van der Waals surface area contributed by atoms with Gasteiger partial charge >= 0.3 is 11.6 Å². The molecular weight excluding hydrogens is 307 g/mol. The van der Waals surface area contributed by atoms with Crippen LogP contribution >= 0.6 is 23.2 Å². The molecular formula is C13H10Cl2O5. The highest BCUT2D eigenvalue weighted by Gasteiger charge is 2.22. The van der Waals surface area contributed by atoms with E-state index in [1.54, 1.807) is 6.92 Å². The van der Waals surface area contributed by atoms with Crippen molar-refractivity contribution < 1.29 is 19.4 Å². The zero-order valence-corrected chi connectivity index (χ0v) is 11.9. The van der Waals surface area contributed by atoms with Gasteiger partial charge in [-0.05, 0) is 18.6 Å². The SMILES string of the molecule is Cc1c(CCl)c(=O)oc2c(CCl)cc(C(=O)O)c(O)c12. The number of rotatable bonds is 3. The van der Waals surface area contributed by atoms with Crippen LogP contribution in [0.1, 0.15) is 27.0 Å². The first-order valence-corrected chi connectivity index (χ1v) is 6.65. The topological polar surface area (TPSA) is 87.7 Å². The molecule has 0 atom stereocenters. The number of carboxylic acid groups (broad SMARTS) is 1. The normalized spacial score (nSPS) is 10.9. The summed E-state index contributed by atoms with van der Waals surface area (Å²) in [6.07, 6.45) is 0. The van der Waals surface area contributed by atoms with Gasteiger partial charge in [0.15, 0.2) is 0 Å². The molecule has 0 unspecified atom stereocenters. The predicted octanol–water partition coefficient (Wildman–Crippen LogP) is 2.98. The van der Waals surface area contributed by atoms with Crippen molar-refractivity contribution in [2.45, 2.75) is 18.7 Å². The van der Waals surface area contributed by atoms with Crippen LogP contribution in [0.5, 0.6) is 5.75 Å². The third kappa shape index (κ3) is 2.13.